The average Bonchev–Trinajstić information content (AvgIpc) is 2.18. The maximum atomic E-state index is 13.6. The molecule has 0 aliphatic carbocycles. The SMILES string of the molecule is Cc1cc(N(C)CC(C)(C)C)c(C(C)N)cc1F. The van der Waals surface area contributed by atoms with Crippen molar-refractivity contribution in [3.8, 4) is 0 Å². The Kier molecular flexibility index (Phi) is 4.38. The van der Waals surface area contributed by atoms with Crippen LogP contribution in [0.25, 0.3) is 0 Å². The van der Waals surface area contributed by atoms with Gasteiger partial charge >= 0.3 is 0 Å². The normalized spacial score (nSPS) is 13.6. The lowest BCUT2D eigenvalue weighted by Crippen LogP contribution is -2.30. The number of nitrogens with two attached hydrogens (primary N) is 1. The molecule has 0 fully saturated rings. The van der Waals surface area contributed by atoms with Gasteiger partial charge in [0.05, 0.1) is 0 Å². The van der Waals surface area contributed by atoms with Crippen LogP contribution in [-0.2, 0) is 0 Å². The second-order valence-electron chi connectivity index (χ2n) is 6.37. The van der Waals surface area contributed by atoms with E-state index < -0.39 is 0 Å². The summed E-state index contributed by atoms with van der Waals surface area (Å²) in [4.78, 5) is 2.16. The monoisotopic (exact) mass is 252 g/mol. The smallest absolute Gasteiger partial charge is 0.126 e. The van der Waals surface area contributed by atoms with Gasteiger partial charge in [-0.05, 0) is 42.5 Å². The number of anilines is 1. The Morgan fingerprint density at radius 3 is 2.33 bits per heavy atom. The van der Waals surface area contributed by atoms with E-state index in [1.807, 2.05) is 20.0 Å². The molecule has 1 atom stereocenters. The quantitative estimate of drug-likeness (QED) is 0.890. The average molecular weight is 252 g/mol. The lowest BCUT2D eigenvalue weighted by Gasteiger charge is -2.31. The first kappa shape index (κ1) is 15.0. The minimum Gasteiger partial charge on any atom is -0.374 e. The van der Waals surface area contributed by atoms with Gasteiger partial charge in [-0.2, -0.15) is 0 Å². The molecule has 1 unspecified atom stereocenters. The molecule has 1 aromatic carbocycles. The summed E-state index contributed by atoms with van der Waals surface area (Å²) >= 11 is 0. The lowest BCUT2D eigenvalue weighted by molar-refractivity contribution is 0.418. The van der Waals surface area contributed by atoms with Crippen molar-refractivity contribution in [1.29, 1.82) is 0 Å². The molecule has 0 heterocycles. The molecular weight excluding hydrogens is 227 g/mol. The summed E-state index contributed by atoms with van der Waals surface area (Å²) < 4.78 is 13.6. The first-order valence-electron chi connectivity index (χ1n) is 6.38. The lowest BCUT2D eigenvalue weighted by atomic mass is 9.95. The molecule has 1 aromatic rings. The van der Waals surface area contributed by atoms with Gasteiger partial charge in [0.15, 0.2) is 0 Å². The summed E-state index contributed by atoms with van der Waals surface area (Å²) in [5.41, 5.74) is 8.68. The molecule has 102 valence electrons. The maximum absolute atomic E-state index is 13.6. The molecule has 0 aromatic heterocycles. The zero-order chi connectivity index (χ0) is 14.1. The zero-order valence-electron chi connectivity index (χ0n) is 12.3. The molecule has 0 radical (unpaired) electrons. The van der Waals surface area contributed by atoms with E-state index in [-0.39, 0.29) is 17.3 Å². The fraction of sp³-hybridized carbons (Fsp3) is 0.600. The minimum absolute atomic E-state index is 0.169. The van der Waals surface area contributed by atoms with Gasteiger partial charge in [0.25, 0.3) is 0 Å². The molecule has 2 N–H and O–H groups in total. The Bertz CT molecular complexity index is 419. The van der Waals surface area contributed by atoms with Gasteiger partial charge in [-0.15, -0.1) is 0 Å². The standard InChI is InChI=1S/C15H25FN2/c1-10-7-14(18(6)9-15(3,4)5)12(11(2)17)8-13(10)16/h7-8,11H,9,17H2,1-6H3. The number of hydrogen-bond acceptors (Lipinski definition) is 2. The minimum atomic E-state index is -0.185. The molecule has 0 aliphatic rings. The summed E-state index contributed by atoms with van der Waals surface area (Å²) in [6.45, 7) is 11.1. The molecule has 1 rings (SSSR count). The van der Waals surface area contributed by atoms with E-state index in [4.69, 9.17) is 5.73 Å². The maximum Gasteiger partial charge on any atom is 0.126 e. The van der Waals surface area contributed by atoms with Gasteiger partial charge in [-0.25, -0.2) is 4.39 Å². The molecule has 0 saturated heterocycles. The van der Waals surface area contributed by atoms with Gasteiger partial charge in [-0.3, -0.25) is 0 Å². The highest BCUT2D eigenvalue weighted by Crippen LogP contribution is 2.29. The Morgan fingerprint density at radius 2 is 1.89 bits per heavy atom. The van der Waals surface area contributed by atoms with Gasteiger partial charge in [0.2, 0.25) is 0 Å². The van der Waals surface area contributed by atoms with E-state index >= 15 is 0 Å². The Labute approximate surface area is 110 Å². The Balaban J connectivity index is 3.17. The van der Waals surface area contributed by atoms with Crippen molar-refractivity contribution < 1.29 is 4.39 Å². The van der Waals surface area contributed by atoms with Crippen molar-refractivity contribution in [1.82, 2.24) is 0 Å². The number of benzene rings is 1. The fourth-order valence-electron chi connectivity index (χ4n) is 2.17. The predicted octanol–water partition coefficient (Wildman–Crippen LogP) is 3.64. The summed E-state index contributed by atoms with van der Waals surface area (Å²) in [5.74, 6) is -0.185. The van der Waals surface area contributed by atoms with E-state index in [1.54, 1.807) is 13.0 Å². The van der Waals surface area contributed by atoms with E-state index in [0.717, 1.165) is 17.8 Å². The third-order valence-corrected chi connectivity index (χ3v) is 2.92. The first-order chi connectivity index (χ1) is 8.11. The van der Waals surface area contributed by atoms with Crippen LogP contribution >= 0.6 is 0 Å². The Morgan fingerprint density at radius 1 is 1.33 bits per heavy atom. The molecule has 0 bridgehead atoms. The van der Waals surface area contributed by atoms with Crippen molar-refractivity contribution in [2.45, 2.75) is 40.7 Å². The van der Waals surface area contributed by atoms with E-state index in [9.17, 15) is 4.39 Å². The van der Waals surface area contributed by atoms with Gasteiger partial charge < -0.3 is 10.6 Å². The number of hydrogen-bond donors (Lipinski definition) is 1. The molecule has 2 nitrogen and oxygen atoms in total. The summed E-state index contributed by atoms with van der Waals surface area (Å²) in [6.07, 6.45) is 0. The summed E-state index contributed by atoms with van der Waals surface area (Å²) in [5, 5.41) is 0. The summed E-state index contributed by atoms with van der Waals surface area (Å²) in [7, 11) is 2.03. The predicted molar refractivity (Wildman–Crippen MR) is 76.5 cm³/mol. The van der Waals surface area contributed by atoms with E-state index in [2.05, 4.69) is 25.7 Å². The zero-order valence-corrected chi connectivity index (χ0v) is 12.3. The largest absolute Gasteiger partial charge is 0.374 e. The number of halogens is 1. The van der Waals surface area contributed by atoms with Crippen molar-refractivity contribution >= 4 is 5.69 Å². The Hall–Kier alpha value is -1.09. The van der Waals surface area contributed by atoms with Gasteiger partial charge in [0, 0.05) is 25.3 Å². The highest BCUT2D eigenvalue weighted by molar-refractivity contribution is 5.56. The molecule has 3 heteroatoms. The van der Waals surface area contributed by atoms with Crippen LogP contribution < -0.4 is 10.6 Å². The molecule has 0 amide bonds. The molecule has 0 aliphatic heterocycles. The van der Waals surface area contributed by atoms with Crippen LogP contribution in [0, 0.1) is 18.2 Å². The van der Waals surface area contributed by atoms with Crippen molar-refractivity contribution in [3.63, 3.8) is 0 Å². The van der Waals surface area contributed by atoms with Crippen LogP contribution in [0.15, 0.2) is 12.1 Å². The highest BCUT2D eigenvalue weighted by atomic mass is 19.1. The van der Waals surface area contributed by atoms with Crippen LogP contribution in [0.1, 0.15) is 44.9 Å². The third-order valence-electron chi connectivity index (χ3n) is 2.92. The van der Waals surface area contributed by atoms with Crippen molar-refractivity contribution in [2.24, 2.45) is 11.1 Å². The van der Waals surface area contributed by atoms with E-state index in [0.29, 0.717) is 5.56 Å². The topological polar surface area (TPSA) is 29.3 Å². The first-order valence-corrected chi connectivity index (χ1v) is 6.38. The van der Waals surface area contributed by atoms with Gasteiger partial charge in [-0.1, -0.05) is 20.8 Å². The molecule has 18 heavy (non-hydrogen) atoms. The third kappa shape index (κ3) is 3.70. The second-order valence-corrected chi connectivity index (χ2v) is 6.37. The summed E-state index contributed by atoms with van der Waals surface area (Å²) in [6, 6.07) is 3.28. The second kappa shape index (κ2) is 5.27. The van der Waals surface area contributed by atoms with Crippen LogP contribution in [0.4, 0.5) is 10.1 Å². The number of nitrogens with zero attached hydrogens (tertiary/aromatic N) is 1. The van der Waals surface area contributed by atoms with Crippen molar-refractivity contribution in [3.05, 3.63) is 29.1 Å². The number of aryl methyl sites for hydroxylation is 1. The van der Waals surface area contributed by atoms with E-state index in [1.165, 1.54) is 0 Å². The fourth-order valence-corrected chi connectivity index (χ4v) is 2.17. The molecule has 0 saturated carbocycles. The van der Waals surface area contributed by atoms with Crippen LogP contribution in [0.3, 0.4) is 0 Å². The number of rotatable bonds is 3. The van der Waals surface area contributed by atoms with Gasteiger partial charge in [0.1, 0.15) is 5.82 Å². The van der Waals surface area contributed by atoms with Crippen LogP contribution in [-0.4, -0.2) is 13.6 Å². The molecular formula is C15H25FN2. The highest BCUT2D eigenvalue weighted by Gasteiger charge is 2.18. The van der Waals surface area contributed by atoms with Crippen LogP contribution in [0.2, 0.25) is 0 Å². The molecule has 0 spiro atoms. The van der Waals surface area contributed by atoms with Crippen LogP contribution in [0.5, 0.6) is 0 Å². The van der Waals surface area contributed by atoms with Crippen molar-refractivity contribution in [2.75, 3.05) is 18.5 Å².